The number of hydrogen-bond donors (Lipinski definition) is 1. The average Bonchev–Trinajstić information content (AvgIpc) is 3.38. The van der Waals surface area contributed by atoms with Crippen molar-refractivity contribution in [3.05, 3.63) is 48.0 Å². The van der Waals surface area contributed by atoms with Gasteiger partial charge in [-0.15, -0.1) is 5.10 Å². The SMILES string of the molecule is CC(NC(=O)CSc1nnnn1CC1CCCO1)c1ccc2ccccc2c1. The summed E-state index contributed by atoms with van der Waals surface area (Å²) < 4.78 is 7.36. The molecule has 0 aliphatic carbocycles. The molecule has 7 nitrogen and oxygen atoms in total. The van der Waals surface area contributed by atoms with Crippen molar-refractivity contribution in [2.75, 3.05) is 12.4 Å². The van der Waals surface area contributed by atoms with E-state index in [1.54, 1.807) is 4.68 Å². The maximum Gasteiger partial charge on any atom is 0.230 e. The number of carbonyl (C=O) groups is 1. The summed E-state index contributed by atoms with van der Waals surface area (Å²) in [6.45, 7) is 3.42. The first-order valence-electron chi connectivity index (χ1n) is 9.47. The quantitative estimate of drug-likeness (QED) is 0.617. The number of carbonyl (C=O) groups excluding carboxylic acids is 1. The third kappa shape index (κ3) is 4.51. The van der Waals surface area contributed by atoms with Crippen molar-refractivity contribution in [2.24, 2.45) is 0 Å². The minimum atomic E-state index is -0.0689. The van der Waals surface area contributed by atoms with Crippen LogP contribution in [-0.4, -0.2) is 44.6 Å². The van der Waals surface area contributed by atoms with Crippen molar-refractivity contribution in [3.63, 3.8) is 0 Å². The maximum absolute atomic E-state index is 12.4. The molecule has 0 radical (unpaired) electrons. The fraction of sp³-hybridized carbons (Fsp3) is 0.400. The summed E-state index contributed by atoms with van der Waals surface area (Å²) in [6.07, 6.45) is 2.25. The van der Waals surface area contributed by atoms with E-state index in [0.29, 0.717) is 11.7 Å². The summed E-state index contributed by atoms with van der Waals surface area (Å²) in [5.41, 5.74) is 1.08. The zero-order valence-electron chi connectivity index (χ0n) is 15.7. The lowest BCUT2D eigenvalue weighted by atomic mass is 10.0. The van der Waals surface area contributed by atoms with Crippen LogP contribution >= 0.6 is 11.8 Å². The van der Waals surface area contributed by atoms with Gasteiger partial charge in [0.05, 0.1) is 24.4 Å². The van der Waals surface area contributed by atoms with Gasteiger partial charge in [-0.25, -0.2) is 4.68 Å². The second kappa shape index (κ2) is 8.70. The van der Waals surface area contributed by atoms with Crippen LogP contribution in [0.25, 0.3) is 10.8 Å². The Morgan fingerprint density at radius 1 is 1.32 bits per heavy atom. The molecular formula is C20H23N5O2S. The van der Waals surface area contributed by atoms with Crippen molar-refractivity contribution in [1.29, 1.82) is 0 Å². The lowest BCUT2D eigenvalue weighted by molar-refractivity contribution is -0.119. The fourth-order valence-corrected chi connectivity index (χ4v) is 4.07. The summed E-state index contributed by atoms with van der Waals surface area (Å²) >= 11 is 1.34. The highest BCUT2D eigenvalue weighted by molar-refractivity contribution is 7.99. The lowest BCUT2D eigenvalue weighted by Gasteiger charge is -2.15. The Morgan fingerprint density at radius 2 is 2.18 bits per heavy atom. The number of rotatable bonds is 7. The van der Waals surface area contributed by atoms with Gasteiger partial charge >= 0.3 is 0 Å². The van der Waals surface area contributed by atoms with Crippen LogP contribution in [0.3, 0.4) is 0 Å². The number of tetrazole rings is 1. The van der Waals surface area contributed by atoms with Crippen LogP contribution in [-0.2, 0) is 16.1 Å². The number of hydrogen-bond acceptors (Lipinski definition) is 6. The zero-order chi connectivity index (χ0) is 19.3. The summed E-state index contributed by atoms with van der Waals surface area (Å²) in [5, 5.41) is 17.8. The van der Waals surface area contributed by atoms with Gasteiger partial charge in [-0.05, 0) is 52.6 Å². The monoisotopic (exact) mass is 397 g/mol. The summed E-state index contributed by atoms with van der Waals surface area (Å²) in [7, 11) is 0. The smallest absolute Gasteiger partial charge is 0.230 e. The largest absolute Gasteiger partial charge is 0.376 e. The summed E-state index contributed by atoms with van der Waals surface area (Å²) in [5.74, 6) is 0.224. The second-order valence-electron chi connectivity index (χ2n) is 6.96. The molecule has 3 aromatic rings. The number of nitrogens with zero attached hydrogens (tertiary/aromatic N) is 4. The van der Waals surface area contributed by atoms with E-state index in [9.17, 15) is 4.79 Å². The number of nitrogens with one attached hydrogen (secondary N) is 1. The van der Waals surface area contributed by atoms with Gasteiger partial charge < -0.3 is 10.1 Å². The van der Waals surface area contributed by atoms with E-state index in [2.05, 4.69) is 51.2 Å². The molecule has 1 fully saturated rings. The maximum atomic E-state index is 12.4. The molecule has 0 saturated carbocycles. The first-order chi connectivity index (χ1) is 13.7. The first kappa shape index (κ1) is 18.9. The number of benzene rings is 2. The van der Waals surface area contributed by atoms with Gasteiger partial charge in [0, 0.05) is 6.61 Å². The zero-order valence-corrected chi connectivity index (χ0v) is 16.6. The van der Waals surface area contributed by atoms with Gasteiger partial charge in [0.2, 0.25) is 11.1 Å². The van der Waals surface area contributed by atoms with Gasteiger partial charge in [-0.1, -0.05) is 48.2 Å². The Labute approximate surface area is 167 Å². The van der Waals surface area contributed by atoms with Gasteiger partial charge in [0.25, 0.3) is 0 Å². The lowest BCUT2D eigenvalue weighted by Crippen LogP contribution is -2.28. The number of thioether (sulfide) groups is 1. The third-order valence-electron chi connectivity index (χ3n) is 4.88. The van der Waals surface area contributed by atoms with E-state index >= 15 is 0 Å². The van der Waals surface area contributed by atoms with E-state index in [0.717, 1.165) is 25.0 Å². The molecular weight excluding hydrogens is 374 g/mol. The number of ether oxygens (including phenoxy) is 1. The summed E-state index contributed by atoms with van der Waals surface area (Å²) in [6, 6.07) is 14.4. The first-order valence-corrected chi connectivity index (χ1v) is 10.5. The van der Waals surface area contributed by atoms with E-state index in [1.807, 2.05) is 19.1 Å². The van der Waals surface area contributed by atoms with Gasteiger partial charge in [-0.2, -0.15) is 0 Å². The molecule has 0 spiro atoms. The molecule has 1 aliphatic heterocycles. The third-order valence-corrected chi connectivity index (χ3v) is 5.84. The fourth-order valence-electron chi connectivity index (χ4n) is 3.37. The van der Waals surface area contributed by atoms with Crippen molar-refractivity contribution in [1.82, 2.24) is 25.5 Å². The Kier molecular flexibility index (Phi) is 5.87. The molecule has 2 atom stereocenters. The van der Waals surface area contributed by atoms with Crippen molar-refractivity contribution >= 4 is 28.4 Å². The molecule has 1 N–H and O–H groups in total. The molecule has 1 aliphatic rings. The van der Waals surface area contributed by atoms with Crippen LogP contribution in [0, 0.1) is 0 Å². The van der Waals surface area contributed by atoms with Crippen LogP contribution in [0.2, 0.25) is 0 Å². The van der Waals surface area contributed by atoms with Crippen LogP contribution in [0.15, 0.2) is 47.6 Å². The van der Waals surface area contributed by atoms with Crippen LogP contribution in [0.4, 0.5) is 0 Å². The normalized spacial score (nSPS) is 17.7. The Bertz CT molecular complexity index is 954. The van der Waals surface area contributed by atoms with E-state index < -0.39 is 0 Å². The van der Waals surface area contributed by atoms with Crippen LogP contribution in [0.5, 0.6) is 0 Å². The average molecular weight is 398 g/mol. The molecule has 4 rings (SSSR count). The molecule has 1 amide bonds. The number of aromatic nitrogens is 4. The van der Waals surface area contributed by atoms with Crippen molar-refractivity contribution < 1.29 is 9.53 Å². The van der Waals surface area contributed by atoms with E-state index in [1.165, 1.54) is 22.5 Å². The standard InChI is InChI=1S/C20H23N5O2S/c1-14(16-9-8-15-5-2-3-6-17(15)11-16)21-19(26)13-28-20-22-23-24-25(20)12-18-7-4-10-27-18/h2-3,5-6,8-9,11,14,18H,4,7,10,12-13H2,1H3,(H,21,26). The highest BCUT2D eigenvalue weighted by Crippen LogP contribution is 2.21. The minimum Gasteiger partial charge on any atom is -0.376 e. The number of fused-ring (bicyclic) bond motifs is 1. The van der Waals surface area contributed by atoms with E-state index in [-0.39, 0.29) is 23.8 Å². The molecule has 146 valence electrons. The van der Waals surface area contributed by atoms with E-state index in [4.69, 9.17) is 4.74 Å². The van der Waals surface area contributed by atoms with Gasteiger partial charge in [0.1, 0.15) is 0 Å². The molecule has 0 bridgehead atoms. The Hall–Kier alpha value is -2.45. The molecule has 28 heavy (non-hydrogen) atoms. The predicted octanol–water partition coefficient (Wildman–Crippen LogP) is 2.97. The predicted molar refractivity (Wildman–Crippen MR) is 108 cm³/mol. The molecule has 2 aromatic carbocycles. The Morgan fingerprint density at radius 3 is 3.00 bits per heavy atom. The van der Waals surface area contributed by atoms with Crippen molar-refractivity contribution in [3.8, 4) is 0 Å². The highest BCUT2D eigenvalue weighted by atomic mass is 32.2. The second-order valence-corrected chi connectivity index (χ2v) is 7.91. The highest BCUT2D eigenvalue weighted by Gasteiger charge is 2.19. The van der Waals surface area contributed by atoms with Gasteiger partial charge in [-0.3, -0.25) is 4.79 Å². The Balaban J connectivity index is 1.32. The van der Waals surface area contributed by atoms with Crippen LogP contribution in [0.1, 0.15) is 31.4 Å². The molecule has 2 unspecified atom stereocenters. The summed E-state index contributed by atoms with van der Waals surface area (Å²) in [4.78, 5) is 12.4. The topological polar surface area (TPSA) is 81.9 Å². The molecule has 2 heterocycles. The molecule has 8 heteroatoms. The molecule has 1 saturated heterocycles. The van der Waals surface area contributed by atoms with Crippen molar-refractivity contribution in [2.45, 2.75) is 43.6 Å². The van der Waals surface area contributed by atoms with Crippen LogP contribution < -0.4 is 5.32 Å². The van der Waals surface area contributed by atoms with Gasteiger partial charge in [0.15, 0.2) is 0 Å². The molecule has 1 aromatic heterocycles. The number of amides is 1. The minimum absolute atomic E-state index is 0.0441.